The third-order valence-electron chi connectivity index (χ3n) is 6.32. The molecule has 7 heteroatoms. The molecule has 2 aliphatic carbocycles. The van der Waals surface area contributed by atoms with Gasteiger partial charge in [0.1, 0.15) is 11.6 Å². The molecule has 2 aliphatic rings. The van der Waals surface area contributed by atoms with Crippen molar-refractivity contribution in [3.8, 4) is 0 Å². The van der Waals surface area contributed by atoms with Crippen LogP contribution in [0.15, 0.2) is 24.4 Å². The number of amides is 2. The van der Waals surface area contributed by atoms with Crippen molar-refractivity contribution >= 4 is 6.03 Å². The van der Waals surface area contributed by atoms with E-state index in [2.05, 4.69) is 15.7 Å². The predicted molar refractivity (Wildman–Crippen MR) is 102 cm³/mol. The fourth-order valence-corrected chi connectivity index (χ4v) is 4.89. The van der Waals surface area contributed by atoms with Crippen LogP contribution >= 0.6 is 0 Å². The van der Waals surface area contributed by atoms with E-state index in [1.165, 1.54) is 18.2 Å². The molecule has 0 aliphatic heterocycles. The summed E-state index contributed by atoms with van der Waals surface area (Å²) in [5.74, 6) is -1.06. The number of aromatic nitrogens is 2. The highest BCUT2D eigenvalue weighted by atomic mass is 19.1. The quantitative estimate of drug-likeness (QED) is 0.835. The summed E-state index contributed by atoms with van der Waals surface area (Å²) in [7, 11) is 1.91. The van der Waals surface area contributed by atoms with Gasteiger partial charge in [-0.3, -0.25) is 4.68 Å². The minimum Gasteiger partial charge on any atom is -0.337 e. The van der Waals surface area contributed by atoms with Gasteiger partial charge in [-0.15, -0.1) is 0 Å². The van der Waals surface area contributed by atoms with Gasteiger partial charge in [0.2, 0.25) is 0 Å². The standard InChI is InChI=1S/C21H26F2N4O/c1-27-18-9-5-8-17(14(18)12-25-27)26-20(28)24-13-21(10-2-3-11-21)19-15(22)6-4-7-16(19)23/h4,6-7,12,17H,2-3,5,8-11,13H2,1H3,(H2,24,26,28). The van der Waals surface area contributed by atoms with Crippen molar-refractivity contribution in [2.24, 2.45) is 7.05 Å². The van der Waals surface area contributed by atoms with Gasteiger partial charge in [0, 0.05) is 35.8 Å². The van der Waals surface area contributed by atoms with Crippen molar-refractivity contribution in [1.82, 2.24) is 20.4 Å². The van der Waals surface area contributed by atoms with E-state index in [0.29, 0.717) is 12.8 Å². The average Bonchev–Trinajstić information content (AvgIpc) is 3.29. The molecule has 5 nitrogen and oxygen atoms in total. The highest BCUT2D eigenvalue weighted by Crippen LogP contribution is 2.42. The molecular weight excluding hydrogens is 362 g/mol. The zero-order valence-corrected chi connectivity index (χ0v) is 16.1. The molecule has 0 spiro atoms. The minimum absolute atomic E-state index is 0.0813. The number of halogens is 2. The number of urea groups is 1. The van der Waals surface area contributed by atoms with Crippen LogP contribution in [-0.4, -0.2) is 22.4 Å². The summed E-state index contributed by atoms with van der Waals surface area (Å²) in [6.45, 7) is 0.225. The number of carbonyl (C=O) groups excluding carboxylic acids is 1. The predicted octanol–water partition coefficient (Wildman–Crippen LogP) is 3.89. The molecule has 0 bridgehead atoms. The number of carbonyl (C=O) groups is 1. The largest absolute Gasteiger partial charge is 0.337 e. The Morgan fingerprint density at radius 3 is 2.68 bits per heavy atom. The number of rotatable bonds is 4. The van der Waals surface area contributed by atoms with Crippen molar-refractivity contribution in [2.45, 2.75) is 56.4 Å². The van der Waals surface area contributed by atoms with Crippen molar-refractivity contribution in [2.75, 3.05) is 6.54 Å². The van der Waals surface area contributed by atoms with E-state index in [9.17, 15) is 13.6 Å². The number of benzene rings is 1. The molecule has 4 rings (SSSR count). The smallest absolute Gasteiger partial charge is 0.315 e. The SMILES string of the molecule is Cn1ncc2c1CCCC2NC(=O)NCC1(c2c(F)cccc2F)CCCC1. The molecule has 0 radical (unpaired) electrons. The molecule has 1 heterocycles. The van der Waals surface area contributed by atoms with E-state index in [-0.39, 0.29) is 24.2 Å². The Bertz CT molecular complexity index is 853. The molecule has 1 aromatic heterocycles. The summed E-state index contributed by atoms with van der Waals surface area (Å²) in [4.78, 5) is 12.6. The van der Waals surface area contributed by atoms with E-state index in [1.807, 2.05) is 17.9 Å². The zero-order chi connectivity index (χ0) is 19.7. The Morgan fingerprint density at radius 2 is 1.96 bits per heavy atom. The molecule has 2 N–H and O–H groups in total. The number of nitrogens with zero attached hydrogens (tertiary/aromatic N) is 2. The summed E-state index contributed by atoms with van der Waals surface area (Å²) in [5, 5.41) is 10.2. The van der Waals surface area contributed by atoms with Gasteiger partial charge in [-0.05, 0) is 44.2 Å². The number of aryl methyl sites for hydroxylation is 1. The zero-order valence-electron chi connectivity index (χ0n) is 16.1. The molecule has 1 fully saturated rings. The van der Waals surface area contributed by atoms with E-state index in [4.69, 9.17) is 0 Å². The van der Waals surface area contributed by atoms with E-state index >= 15 is 0 Å². The van der Waals surface area contributed by atoms with Crippen LogP contribution in [0.25, 0.3) is 0 Å². The third-order valence-corrected chi connectivity index (χ3v) is 6.32. The monoisotopic (exact) mass is 388 g/mol. The van der Waals surface area contributed by atoms with Gasteiger partial charge < -0.3 is 10.6 Å². The number of hydrogen-bond acceptors (Lipinski definition) is 2. The molecule has 1 saturated carbocycles. The fraction of sp³-hybridized carbons (Fsp3) is 0.524. The summed E-state index contributed by atoms with van der Waals surface area (Å²) < 4.78 is 30.7. The van der Waals surface area contributed by atoms with Crippen LogP contribution in [0.3, 0.4) is 0 Å². The summed E-state index contributed by atoms with van der Waals surface area (Å²) in [6, 6.07) is 3.59. The van der Waals surface area contributed by atoms with Crippen molar-refractivity contribution in [3.63, 3.8) is 0 Å². The van der Waals surface area contributed by atoms with Gasteiger partial charge >= 0.3 is 6.03 Å². The third kappa shape index (κ3) is 3.38. The fourth-order valence-electron chi connectivity index (χ4n) is 4.89. The highest BCUT2D eigenvalue weighted by molar-refractivity contribution is 5.74. The lowest BCUT2D eigenvalue weighted by Gasteiger charge is -2.31. The topological polar surface area (TPSA) is 59.0 Å². The maximum absolute atomic E-state index is 14.4. The van der Waals surface area contributed by atoms with Gasteiger partial charge in [0.05, 0.1) is 12.2 Å². The molecule has 1 atom stereocenters. The first kappa shape index (κ1) is 18.9. The summed E-state index contributed by atoms with van der Waals surface area (Å²) >= 11 is 0. The van der Waals surface area contributed by atoms with Crippen LogP contribution in [0.4, 0.5) is 13.6 Å². The van der Waals surface area contributed by atoms with Crippen LogP contribution < -0.4 is 10.6 Å². The van der Waals surface area contributed by atoms with Gasteiger partial charge in [-0.25, -0.2) is 13.6 Å². The van der Waals surface area contributed by atoms with Crippen molar-refractivity contribution < 1.29 is 13.6 Å². The second kappa shape index (κ2) is 7.53. The second-order valence-corrected chi connectivity index (χ2v) is 8.03. The Kier molecular flexibility index (Phi) is 5.08. The minimum atomic E-state index is -0.682. The maximum Gasteiger partial charge on any atom is 0.315 e. The lowest BCUT2D eigenvalue weighted by atomic mass is 9.78. The van der Waals surface area contributed by atoms with Crippen molar-refractivity contribution in [1.29, 1.82) is 0 Å². The lowest BCUT2D eigenvalue weighted by molar-refractivity contribution is 0.231. The Labute approximate surface area is 163 Å². The molecule has 2 aromatic rings. The van der Waals surface area contributed by atoms with Crippen LogP contribution in [-0.2, 0) is 18.9 Å². The van der Waals surface area contributed by atoms with E-state index in [0.717, 1.165) is 43.4 Å². The Balaban J connectivity index is 1.46. The Morgan fingerprint density at radius 1 is 1.25 bits per heavy atom. The first-order valence-electron chi connectivity index (χ1n) is 10.00. The van der Waals surface area contributed by atoms with Gasteiger partial charge in [0.25, 0.3) is 0 Å². The van der Waals surface area contributed by atoms with Gasteiger partial charge in [0.15, 0.2) is 0 Å². The molecule has 28 heavy (non-hydrogen) atoms. The number of hydrogen-bond donors (Lipinski definition) is 2. The first-order valence-corrected chi connectivity index (χ1v) is 10.00. The number of nitrogens with one attached hydrogen (secondary N) is 2. The summed E-state index contributed by atoms with van der Waals surface area (Å²) in [6.07, 6.45) is 7.76. The Hall–Kier alpha value is -2.44. The van der Waals surface area contributed by atoms with Crippen LogP contribution in [0.1, 0.15) is 61.4 Å². The lowest BCUT2D eigenvalue weighted by Crippen LogP contribution is -2.45. The average molecular weight is 388 g/mol. The molecule has 150 valence electrons. The van der Waals surface area contributed by atoms with Gasteiger partial charge in [-0.1, -0.05) is 18.9 Å². The summed E-state index contributed by atoms with van der Waals surface area (Å²) in [5.41, 5.74) is 1.63. The van der Waals surface area contributed by atoms with Gasteiger partial charge in [-0.2, -0.15) is 5.10 Å². The first-order chi connectivity index (χ1) is 13.5. The molecule has 0 saturated heterocycles. The normalized spacial score (nSPS) is 20.6. The maximum atomic E-state index is 14.4. The molecular formula is C21H26F2N4O. The molecule has 2 amide bonds. The van der Waals surface area contributed by atoms with E-state index in [1.54, 1.807) is 0 Å². The van der Waals surface area contributed by atoms with Crippen molar-refractivity contribution in [3.05, 3.63) is 52.9 Å². The molecule has 1 unspecified atom stereocenters. The second-order valence-electron chi connectivity index (χ2n) is 8.03. The molecule has 1 aromatic carbocycles. The number of fused-ring (bicyclic) bond motifs is 1. The highest BCUT2D eigenvalue weighted by Gasteiger charge is 2.40. The van der Waals surface area contributed by atoms with Crippen LogP contribution in [0.5, 0.6) is 0 Å². The van der Waals surface area contributed by atoms with Crippen LogP contribution in [0, 0.1) is 11.6 Å². The van der Waals surface area contributed by atoms with E-state index < -0.39 is 17.0 Å². The van der Waals surface area contributed by atoms with Crippen LogP contribution in [0.2, 0.25) is 0 Å².